The van der Waals surface area contributed by atoms with Gasteiger partial charge in [0.25, 0.3) is 0 Å². The quantitative estimate of drug-likeness (QED) is 0.352. The second-order valence-electron chi connectivity index (χ2n) is 8.21. The first-order valence-corrected chi connectivity index (χ1v) is 11.1. The summed E-state index contributed by atoms with van der Waals surface area (Å²) < 4.78 is 5.79. The Morgan fingerprint density at radius 3 is 2.34 bits per heavy atom. The summed E-state index contributed by atoms with van der Waals surface area (Å²) in [6.07, 6.45) is 5.17. The van der Waals surface area contributed by atoms with E-state index in [-0.39, 0.29) is 24.0 Å². The zero-order valence-electron chi connectivity index (χ0n) is 18.3. The molecule has 0 aliphatic carbocycles. The fraction of sp³-hybridized carbons (Fsp3) is 0.696. The Hall–Kier alpha value is -0.860. The number of halogens is 1. The van der Waals surface area contributed by atoms with Crippen molar-refractivity contribution in [1.82, 2.24) is 15.1 Å². The van der Waals surface area contributed by atoms with Gasteiger partial charge in [-0.05, 0) is 57.2 Å². The van der Waals surface area contributed by atoms with Gasteiger partial charge in [0.15, 0.2) is 5.96 Å². The van der Waals surface area contributed by atoms with Gasteiger partial charge < -0.3 is 15.0 Å². The molecule has 2 saturated heterocycles. The van der Waals surface area contributed by atoms with Crippen LogP contribution in [0.2, 0.25) is 0 Å². The lowest BCUT2D eigenvalue weighted by Gasteiger charge is -2.38. The number of rotatable bonds is 6. The van der Waals surface area contributed by atoms with Crippen molar-refractivity contribution in [3.63, 3.8) is 0 Å². The Labute approximate surface area is 194 Å². The molecule has 1 atom stereocenters. The summed E-state index contributed by atoms with van der Waals surface area (Å²) >= 11 is 0. The van der Waals surface area contributed by atoms with E-state index in [0.29, 0.717) is 12.1 Å². The SMILES string of the molecule is CCOC1CCN(C(=NC)NCC(c2ccccc2)N2CCC(C)CC2)CC1.I. The van der Waals surface area contributed by atoms with Crippen LogP contribution in [0.15, 0.2) is 35.3 Å². The number of benzene rings is 1. The van der Waals surface area contributed by atoms with E-state index < -0.39 is 0 Å². The van der Waals surface area contributed by atoms with Gasteiger partial charge in [0.1, 0.15) is 0 Å². The van der Waals surface area contributed by atoms with Crippen LogP contribution in [0.1, 0.15) is 51.1 Å². The van der Waals surface area contributed by atoms with Crippen molar-refractivity contribution in [1.29, 1.82) is 0 Å². The maximum Gasteiger partial charge on any atom is 0.193 e. The number of aliphatic imine (C=N–C) groups is 1. The zero-order chi connectivity index (χ0) is 19.8. The smallest absolute Gasteiger partial charge is 0.193 e. The molecule has 2 fully saturated rings. The maximum atomic E-state index is 5.79. The Bertz CT molecular complexity index is 596. The van der Waals surface area contributed by atoms with Crippen LogP contribution in [-0.4, -0.2) is 68.2 Å². The molecule has 1 N–H and O–H groups in total. The summed E-state index contributed by atoms with van der Waals surface area (Å²) in [4.78, 5) is 9.61. The second kappa shape index (κ2) is 12.7. The Morgan fingerprint density at radius 1 is 1.10 bits per heavy atom. The molecule has 0 aromatic heterocycles. The van der Waals surface area contributed by atoms with E-state index in [4.69, 9.17) is 4.74 Å². The number of piperidine rings is 2. The minimum atomic E-state index is 0. The molecule has 0 radical (unpaired) electrons. The minimum Gasteiger partial charge on any atom is -0.378 e. The monoisotopic (exact) mass is 514 g/mol. The summed E-state index contributed by atoms with van der Waals surface area (Å²) in [5.41, 5.74) is 1.40. The fourth-order valence-corrected chi connectivity index (χ4v) is 4.46. The van der Waals surface area contributed by atoms with E-state index in [1.165, 1.54) is 31.5 Å². The zero-order valence-corrected chi connectivity index (χ0v) is 20.7. The fourth-order valence-electron chi connectivity index (χ4n) is 4.46. The molecule has 2 heterocycles. The molecular formula is C23H39IN4O. The van der Waals surface area contributed by atoms with Crippen molar-refractivity contribution in [3.8, 4) is 0 Å². The molecule has 0 spiro atoms. The van der Waals surface area contributed by atoms with Gasteiger partial charge in [-0.2, -0.15) is 0 Å². The lowest BCUT2D eigenvalue weighted by Crippen LogP contribution is -2.49. The summed E-state index contributed by atoms with van der Waals surface area (Å²) in [7, 11) is 1.90. The van der Waals surface area contributed by atoms with E-state index in [9.17, 15) is 0 Å². The summed E-state index contributed by atoms with van der Waals surface area (Å²) in [5, 5.41) is 3.69. The highest BCUT2D eigenvalue weighted by molar-refractivity contribution is 14.0. The molecule has 0 amide bonds. The van der Waals surface area contributed by atoms with Crippen LogP contribution in [0, 0.1) is 5.92 Å². The molecule has 5 nitrogen and oxygen atoms in total. The van der Waals surface area contributed by atoms with Crippen LogP contribution in [0.25, 0.3) is 0 Å². The first kappa shape index (κ1) is 24.4. The predicted octanol–water partition coefficient (Wildman–Crippen LogP) is 4.15. The third-order valence-electron chi connectivity index (χ3n) is 6.25. The van der Waals surface area contributed by atoms with Crippen molar-refractivity contribution < 1.29 is 4.74 Å². The molecule has 164 valence electrons. The minimum absolute atomic E-state index is 0. The van der Waals surface area contributed by atoms with E-state index in [1.807, 2.05) is 7.05 Å². The lowest BCUT2D eigenvalue weighted by molar-refractivity contribution is 0.0262. The molecule has 0 bridgehead atoms. The molecule has 0 saturated carbocycles. The van der Waals surface area contributed by atoms with Gasteiger partial charge >= 0.3 is 0 Å². The highest BCUT2D eigenvalue weighted by atomic mass is 127. The Balaban J connectivity index is 0.00000300. The van der Waals surface area contributed by atoms with Gasteiger partial charge in [0.05, 0.1) is 12.1 Å². The highest BCUT2D eigenvalue weighted by Crippen LogP contribution is 2.26. The standard InChI is InChI=1S/C23H38N4O.HI/c1-4-28-21-12-16-27(17-13-21)23(24-3)25-18-22(20-8-6-5-7-9-20)26-14-10-19(2)11-15-26;/h5-9,19,21-22H,4,10-18H2,1-3H3,(H,24,25);1H. The largest absolute Gasteiger partial charge is 0.378 e. The van der Waals surface area contributed by atoms with Crippen molar-refractivity contribution in [2.45, 2.75) is 51.7 Å². The van der Waals surface area contributed by atoms with Gasteiger partial charge in [0, 0.05) is 33.3 Å². The highest BCUT2D eigenvalue weighted by Gasteiger charge is 2.26. The first-order valence-electron chi connectivity index (χ1n) is 11.1. The summed E-state index contributed by atoms with van der Waals surface area (Å²) in [5.74, 6) is 1.88. The average Bonchev–Trinajstić information content (AvgIpc) is 2.74. The van der Waals surface area contributed by atoms with E-state index >= 15 is 0 Å². The van der Waals surface area contributed by atoms with Crippen molar-refractivity contribution in [2.75, 3.05) is 46.4 Å². The molecule has 3 rings (SSSR count). The molecular weight excluding hydrogens is 475 g/mol. The van der Waals surface area contributed by atoms with E-state index in [0.717, 1.165) is 51.0 Å². The van der Waals surface area contributed by atoms with Gasteiger partial charge in [0.2, 0.25) is 0 Å². The normalized spacial score (nSPS) is 20.9. The third-order valence-corrected chi connectivity index (χ3v) is 6.25. The number of nitrogens with one attached hydrogen (secondary N) is 1. The average molecular weight is 514 g/mol. The number of ether oxygens (including phenoxy) is 1. The molecule has 6 heteroatoms. The van der Waals surface area contributed by atoms with Crippen LogP contribution >= 0.6 is 24.0 Å². The Kier molecular flexibility index (Phi) is 10.7. The van der Waals surface area contributed by atoms with Crippen molar-refractivity contribution in [3.05, 3.63) is 35.9 Å². The van der Waals surface area contributed by atoms with Gasteiger partial charge in [-0.25, -0.2) is 0 Å². The third kappa shape index (κ3) is 7.10. The molecule has 2 aliphatic rings. The second-order valence-corrected chi connectivity index (χ2v) is 8.21. The Morgan fingerprint density at radius 2 is 1.76 bits per heavy atom. The van der Waals surface area contributed by atoms with Crippen molar-refractivity contribution >= 4 is 29.9 Å². The number of hydrogen-bond donors (Lipinski definition) is 1. The molecule has 1 aromatic rings. The number of guanidine groups is 1. The first-order chi connectivity index (χ1) is 13.7. The van der Waals surface area contributed by atoms with Crippen molar-refractivity contribution in [2.24, 2.45) is 10.9 Å². The lowest BCUT2D eigenvalue weighted by atomic mass is 9.95. The van der Waals surface area contributed by atoms with Gasteiger partial charge in [-0.15, -0.1) is 24.0 Å². The number of likely N-dealkylation sites (tertiary alicyclic amines) is 2. The van der Waals surface area contributed by atoms with E-state index in [1.54, 1.807) is 0 Å². The van der Waals surface area contributed by atoms with Crippen LogP contribution in [0.3, 0.4) is 0 Å². The molecule has 1 unspecified atom stereocenters. The maximum absolute atomic E-state index is 5.79. The van der Waals surface area contributed by atoms with Crippen LogP contribution in [0.4, 0.5) is 0 Å². The summed E-state index contributed by atoms with van der Waals surface area (Å²) in [6, 6.07) is 11.3. The van der Waals surface area contributed by atoms with E-state index in [2.05, 4.69) is 64.3 Å². The van der Waals surface area contributed by atoms with Gasteiger partial charge in [-0.1, -0.05) is 37.3 Å². The van der Waals surface area contributed by atoms with Crippen LogP contribution in [0.5, 0.6) is 0 Å². The van der Waals surface area contributed by atoms with Crippen LogP contribution in [-0.2, 0) is 4.74 Å². The number of hydrogen-bond acceptors (Lipinski definition) is 3. The topological polar surface area (TPSA) is 40.1 Å². The van der Waals surface area contributed by atoms with Gasteiger partial charge in [-0.3, -0.25) is 9.89 Å². The summed E-state index contributed by atoms with van der Waals surface area (Å²) in [6.45, 7) is 10.6. The molecule has 2 aliphatic heterocycles. The molecule has 29 heavy (non-hydrogen) atoms. The molecule has 1 aromatic carbocycles. The number of nitrogens with zero attached hydrogens (tertiary/aromatic N) is 3. The van der Waals surface area contributed by atoms with Crippen LogP contribution < -0.4 is 5.32 Å². The predicted molar refractivity (Wildman–Crippen MR) is 132 cm³/mol.